The van der Waals surface area contributed by atoms with E-state index in [1.807, 2.05) is 12.1 Å². The SMILES string of the molecule is C1=CC(c2ccccc2)=c2ccccc2=1.C1CCC(P(C2CCCCC2)C2CCCCC2)CC1.Cc1cc(C)c(N2[CH]N(c3c(C)cc(C)cc3C)C=C2)c(C)c1.Cl.[Cl-].[Ru+]. The summed E-state index contributed by atoms with van der Waals surface area (Å²) in [5.41, 5.74) is 19.8. The summed E-state index contributed by atoms with van der Waals surface area (Å²) in [5.74, 6) is 0. The average Bonchev–Trinajstić information content (AvgIpc) is 3.87. The molecule has 322 valence electrons. The molecule has 1 aliphatic heterocycles. The smallest absolute Gasteiger partial charge is 1.00 e. The molecule has 4 aromatic carbocycles. The van der Waals surface area contributed by atoms with E-state index in [0.29, 0.717) is 7.92 Å². The number of fused-ring (bicyclic) bond motifs is 1. The Morgan fingerprint density at radius 2 is 0.900 bits per heavy atom. The number of halogens is 2. The van der Waals surface area contributed by atoms with Gasteiger partial charge in [-0.25, -0.2) is 0 Å². The Labute approximate surface area is 390 Å². The maximum Gasteiger partial charge on any atom is 1.00 e. The van der Waals surface area contributed by atoms with Gasteiger partial charge in [-0.3, -0.25) is 0 Å². The van der Waals surface area contributed by atoms with Crippen molar-refractivity contribution in [2.75, 3.05) is 9.80 Å². The fraction of sp³-hybridized carbons (Fsp3) is 0.444. The number of rotatable bonds is 6. The Morgan fingerprint density at radius 3 is 1.32 bits per heavy atom. The summed E-state index contributed by atoms with van der Waals surface area (Å²) in [6.45, 7) is 15.2. The average molecular weight is 949 g/mol. The molecule has 0 saturated heterocycles. The summed E-state index contributed by atoms with van der Waals surface area (Å²) in [5, 5.41) is 2.47. The molecule has 4 aliphatic carbocycles. The summed E-state index contributed by atoms with van der Waals surface area (Å²) >= 11 is 0. The van der Waals surface area contributed by atoms with Gasteiger partial charge in [0.2, 0.25) is 0 Å². The molecule has 5 aliphatic rings. The fourth-order valence-corrected chi connectivity index (χ4v) is 15.4. The number of anilines is 2. The van der Waals surface area contributed by atoms with Crippen molar-refractivity contribution >= 4 is 43.0 Å². The van der Waals surface area contributed by atoms with Crippen molar-refractivity contribution in [2.24, 2.45) is 0 Å². The summed E-state index contributed by atoms with van der Waals surface area (Å²) in [4.78, 5) is 4.45. The molecule has 0 aromatic heterocycles. The van der Waals surface area contributed by atoms with E-state index in [2.05, 4.69) is 149 Å². The third-order valence-electron chi connectivity index (χ3n) is 13.1. The van der Waals surface area contributed by atoms with Gasteiger partial charge in [-0.1, -0.05) is 150 Å². The number of benzene rings is 4. The van der Waals surface area contributed by atoms with E-state index >= 15 is 0 Å². The molecule has 1 heterocycles. The van der Waals surface area contributed by atoms with Gasteiger partial charge in [-0.15, -0.1) is 18.1 Å². The predicted molar refractivity (Wildman–Crippen MR) is 257 cm³/mol. The van der Waals surface area contributed by atoms with Gasteiger partial charge in [-0.2, -0.15) is 0 Å². The Kier molecular flexibility index (Phi) is 20.2. The summed E-state index contributed by atoms with van der Waals surface area (Å²) < 4.78 is 0. The minimum Gasteiger partial charge on any atom is -1.00 e. The van der Waals surface area contributed by atoms with E-state index in [1.54, 1.807) is 77.0 Å². The molecule has 0 unspecified atom stereocenters. The quantitative estimate of drug-likeness (QED) is 0.140. The van der Waals surface area contributed by atoms with Gasteiger partial charge in [-0.05, 0) is 148 Å². The van der Waals surface area contributed by atoms with Crippen LogP contribution in [0.4, 0.5) is 11.4 Å². The van der Waals surface area contributed by atoms with E-state index in [1.165, 1.54) is 103 Å². The van der Waals surface area contributed by atoms with Crippen molar-refractivity contribution in [3.63, 3.8) is 0 Å². The first-order chi connectivity index (χ1) is 27.8. The topological polar surface area (TPSA) is 6.48 Å². The van der Waals surface area contributed by atoms with Gasteiger partial charge in [0.1, 0.15) is 0 Å². The first-order valence-electron chi connectivity index (χ1n) is 22.4. The van der Waals surface area contributed by atoms with Gasteiger partial charge < -0.3 is 22.2 Å². The molecule has 0 spiro atoms. The van der Waals surface area contributed by atoms with E-state index < -0.39 is 0 Å². The van der Waals surface area contributed by atoms with Crippen LogP contribution in [0.15, 0.2) is 97.3 Å². The van der Waals surface area contributed by atoms with Crippen LogP contribution in [-0.4, -0.2) is 17.0 Å². The van der Waals surface area contributed by atoms with Gasteiger partial charge in [0.25, 0.3) is 0 Å². The monoisotopic (exact) mass is 948 g/mol. The van der Waals surface area contributed by atoms with Crippen LogP contribution in [0.3, 0.4) is 0 Å². The second-order valence-corrected chi connectivity index (χ2v) is 20.7. The van der Waals surface area contributed by atoms with Crippen LogP contribution >= 0.6 is 20.3 Å². The van der Waals surface area contributed by atoms with Crippen LogP contribution < -0.4 is 32.6 Å². The summed E-state index contributed by atoms with van der Waals surface area (Å²) in [6, 6.07) is 27.8. The third-order valence-corrected chi connectivity index (χ3v) is 17.2. The van der Waals surface area contributed by atoms with Gasteiger partial charge >= 0.3 is 19.5 Å². The van der Waals surface area contributed by atoms with Crippen molar-refractivity contribution in [2.45, 2.75) is 155 Å². The van der Waals surface area contributed by atoms with Crippen molar-refractivity contribution in [3.8, 4) is 0 Å². The zero-order valence-corrected chi connectivity index (χ0v) is 41.3. The molecular formula is C54H69Cl2N2PRu. The number of aryl methyl sites for hydroxylation is 6. The normalized spacial score (nSPS) is 17.6. The van der Waals surface area contributed by atoms with Gasteiger partial charge in [0.05, 0.1) is 0 Å². The molecule has 6 heteroatoms. The first kappa shape index (κ1) is 50.0. The number of hydrogen-bond acceptors (Lipinski definition) is 2. The molecule has 2 radical (unpaired) electrons. The maximum absolute atomic E-state index is 3.29. The van der Waals surface area contributed by atoms with Crippen LogP contribution in [0.2, 0.25) is 0 Å². The standard InChI is InChI=1S/C21H25N2.C18H33P.C15H10.2ClH.Ru/c1-14-9-16(3)20(17(4)10-14)22-7-8-23(13-22)21-18(5)11-15(2)12-19(21)6;1-4-10-16(11-5-1)19(17-12-6-2-7-13-17)18-14-8-3-9-15-18;1-2-6-12(7-3-1)15-11-10-13-8-4-5-9-14(13)15;;;/h7-13H,1-6H3;16-18H,1-15H2;1-9,11H;2*1H;/q;;;;;+1/p-1. The third kappa shape index (κ3) is 12.5. The molecule has 0 N–H and O–H groups in total. The fourth-order valence-electron chi connectivity index (χ4n) is 10.7. The second-order valence-electron chi connectivity index (χ2n) is 17.7. The Hall–Kier alpha value is -2.63. The molecule has 9 rings (SSSR count). The largest absolute Gasteiger partial charge is 1.00 e. The molecular weight excluding hydrogens is 880 g/mol. The minimum atomic E-state index is 0. The van der Waals surface area contributed by atoms with Crippen LogP contribution in [0.1, 0.15) is 135 Å². The molecule has 0 bridgehead atoms. The van der Waals surface area contributed by atoms with Gasteiger partial charge in [0, 0.05) is 29.0 Å². The van der Waals surface area contributed by atoms with E-state index in [0.717, 1.165) is 0 Å². The molecule has 4 aromatic rings. The molecule has 60 heavy (non-hydrogen) atoms. The van der Waals surface area contributed by atoms with Gasteiger partial charge in [0.15, 0.2) is 6.67 Å². The molecule has 0 atom stereocenters. The maximum atomic E-state index is 3.29. The first-order valence-corrected chi connectivity index (χ1v) is 24.0. The van der Waals surface area contributed by atoms with E-state index in [4.69, 9.17) is 0 Å². The predicted octanol–water partition coefficient (Wildman–Crippen LogP) is 11.2. The van der Waals surface area contributed by atoms with E-state index in [9.17, 15) is 0 Å². The molecule has 2 nitrogen and oxygen atoms in total. The number of allylic oxidation sites excluding steroid dienone is 1. The number of nitrogens with zero attached hydrogens (tertiary/aromatic N) is 2. The van der Waals surface area contributed by atoms with E-state index in [-0.39, 0.29) is 44.3 Å². The van der Waals surface area contributed by atoms with Crippen molar-refractivity contribution in [1.82, 2.24) is 0 Å². The molecule has 0 amide bonds. The van der Waals surface area contributed by atoms with Crippen LogP contribution in [-0.2, 0) is 19.5 Å². The van der Waals surface area contributed by atoms with Crippen LogP contribution in [0.5, 0.6) is 0 Å². The van der Waals surface area contributed by atoms with Crippen molar-refractivity contribution in [3.05, 3.63) is 153 Å². The van der Waals surface area contributed by atoms with Crippen LogP contribution in [0.25, 0.3) is 11.3 Å². The zero-order valence-electron chi connectivity index (χ0n) is 37.1. The Balaban J connectivity index is 0.000000197. The molecule has 3 fully saturated rings. The molecule has 3 saturated carbocycles. The summed E-state index contributed by atoms with van der Waals surface area (Å²) in [7, 11) is 0.385. The van der Waals surface area contributed by atoms with Crippen LogP contribution in [0, 0.1) is 48.2 Å². The minimum absolute atomic E-state index is 0. The second kappa shape index (κ2) is 24.3. The van der Waals surface area contributed by atoms with Crippen molar-refractivity contribution in [1.29, 1.82) is 0 Å². The zero-order chi connectivity index (χ0) is 39.7. The summed E-state index contributed by atoms with van der Waals surface area (Å²) in [6.07, 6.45) is 30.0. The Morgan fingerprint density at radius 1 is 0.517 bits per heavy atom. The Bertz CT molecular complexity index is 2000. The van der Waals surface area contributed by atoms with Crippen molar-refractivity contribution < 1.29 is 31.9 Å². The number of hydrogen-bond donors (Lipinski definition) is 0.